The Bertz CT molecular complexity index is 1020. The van der Waals surface area contributed by atoms with Crippen LogP contribution in [-0.4, -0.2) is 41.4 Å². The average Bonchev–Trinajstić information content (AvgIpc) is 2.77. The van der Waals surface area contributed by atoms with Gasteiger partial charge in [-0.25, -0.2) is 9.37 Å². The smallest absolute Gasteiger partial charge is 0.151 e. The van der Waals surface area contributed by atoms with Gasteiger partial charge in [0.15, 0.2) is 5.82 Å². The molecule has 0 bridgehead atoms. The van der Waals surface area contributed by atoms with Crippen molar-refractivity contribution in [2.24, 2.45) is 0 Å². The summed E-state index contributed by atoms with van der Waals surface area (Å²) in [5.74, 6) is 1.53. The Labute approximate surface area is 169 Å². The van der Waals surface area contributed by atoms with Crippen LogP contribution >= 0.6 is 0 Å². The quantitative estimate of drug-likeness (QED) is 0.684. The Kier molecular flexibility index (Phi) is 5.34. The summed E-state index contributed by atoms with van der Waals surface area (Å²) in [6.07, 6.45) is 2.24. The first kappa shape index (κ1) is 18.8. The third-order valence-corrected chi connectivity index (χ3v) is 5.16. The molecule has 0 aliphatic carbocycles. The molecule has 3 aromatic rings. The molecular weight excluding hydrogens is 367 g/mol. The van der Waals surface area contributed by atoms with Crippen LogP contribution in [0.4, 0.5) is 16.0 Å². The fourth-order valence-electron chi connectivity index (χ4n) is 3.43. The minimum atomic E-state index is -0.234. The van der Waals surface area contributed by atoms with Gasteiger partial charge in [-0.3, -0.25) is 0 Å². The zero-order valence-corrected chi connectivity index (χ0v) is 16.2. The van der Waals surface area contributed by atoms with Crippen molar-refractivity contribution in [2.45, 2.75) is 13.3 Å². The Hall–Kier alpha value is -3.53. The molecule has 0 atom stereocenters. The number of nitrogens with zero attached hydrogens (tertiary/aromatic N) is 6. The van der Waals surface area contributed by atoms with Gasteiger partial charge in [0.2, 0.25) is 0 Å². The molecule has 0 saturated carbocycles. The third kappa shape index (κ3) is 4.32. The summed E-state index contributed by atoms with van der Waals surface area (Å²) in [5, 5.41) is 17.8. The van der Waals surface area contributed by atoms with E-state index in [1.165, 1.54) is 12.1 Å². The predicted molar refractivity (Wildman–Crippen MR) is 109 cm³/mol. The number of hydrogen-bond donors (Lipinski definition) is 0. The molecule has 7 heteroatoms. The van der Waals surface area contributed by atoms with Gasteiger partial charge in [-0.1, -0.05) is 12.1 Å². The summed E-state index contributed by atoms with van der Waals surface area (Å²) in [7, 11) is 0. The minimum Gasteiger partial charge on any atom is -0.353 e. The van der Waals surface area contributed by atoms with E-state index >= 15 is 0 Å². The summed E-state index contributed by atoms with van der Waals surface area (Å²) in [6, 6.07) is 14.3. The topological polar surface area (TPSA) is 68.9 Å². The van der Waals surface area contributed by atoms with Crippen molar-refractivity contribution in [3.63, 3.8) is 0 Å². The summed E-state index contributed by atoms with van der Waals surface area (Å²) < 4.78 is 13.1. The molecule has 146 valence electrons. The molecule has 0 N–H and O–H groups in total. The van der Waals surface area contributed by atoms with E-state index in [0.29, 0.717) is 12.0 Å². The molecule has 0 amide bonds. The lowest BCUT2D eigenvalue weighted by molar-refractivity contribution is 0.627. The summed E-state index contributed by atoms with van der Waals surface area (Å²) in [5.41, 5.74) is 3.57. The monoisotopic (exact) mass is 388 g/mol. The van der Waals surface area contributed by atoms with Crippen molar-refractivity contribution in [3.05, 3.63) is 76.9 Å². The van der Waals surface area contributed by atoms with Crippen LogP contribution in [0.25, 0.3) is 0 Å². The maximum absolute atomic E-state index is 13.1. The normalized spacial score (nSPS) is 14.0. The van der Waals surface area contributed by atoms with Crippen LogP contribution in [0.3, 0.4) is 0 Å². The van der Waals surface area contributed by atoms with Gasteiger partial charge in [0, 0.05) is 38.8 Å². The van der Waals surface area contributed by atoms with Gasteiger partial charge in [-0.05, 0) is 48.4 Å². The Morgan fingerprint density at radius 2 is 1.66 bits per heavy atom. The minimum absolute atomic E-state index is 0.234. The SMILES string of the molecule is Cc1cc(N2CCN(c3ccc(C#N)cn3)CC2)nnc1Cc1ccc(F)cc1. The van der Waals surface area contributed by atoms with E-state index in [4.69, 9.17) is 5.26 Å². The largest absolute Gasteiger partial charge is 0.353 e. The maximum Gasteiger partial charge on any atom is 0.151 e. The third-order valence-electron chi connectivity index (χ3n) is 5.16. The number of halogens is 1. The van der Waals surface area contributed by atoms with Crippen molar-refractivity contribution in [1.29, 1.82) is 5.26 Å². The zero-order chi connectivity index (χ0) is 20.2. The van der Waals surface area contributed by atoms with Crippen molar-refractivity contribution in [2.75, 3.05) is 36.0 Å². The maximum atomic E-state index is 13.1. The number of piperazine rings is 1. The molecule has 6 nitrogen and oxygen atoms in total. The number of aromatic nitrogens is 3. The van der Waals surface area contributed by atoms with E-state index in [9.17, 15) is 4.39 Å². The van der Waals surface area contributed by atoms with Crippen LogP contribution in [0.5, 0.6) is 0 Å². The summed E-state index contributed by atoms with van der Waals surface area (Å²) in [6.45, 7) is 5.35. The molecule has 3 heterocycles. The molecule has 1 fully saturated rings. The first-order chi connectivity index (χ1) is 14.1. The number of aryl methyl sites for hydroxylation is 1. The predicted octanol–water partition coefficient (Wildman–Crippen LogP) is 3.11. The zero-order valence-electron chi connectivity index (χ0n) is 16.2. The number of rotatable bonds is 4. The fraction of sp³-hybridized carbons (Fsp3) is 0.273. The van der Waals surface area contributed by atoms with Crippen LogP contribution in [0, 0.1) is 24.1 Å². The second-order valence-corrected chi connectivity index (χ2v) is 7.13. The van der Waals surface area contributed by atoms with Gasteiger partial charge in [-0.15, -0.1) is 5.10 Å². The Morgan fingerprint density at radius 3 is 2.24 bits per heavy atom. The first-order valence-electron chi connectivity index (χ1n) is 9.56. The van der Waals surface area contributed by atoms with E-state index < -0.39 is 0 Å². The van der Waals surface area contributed by atoms with Gasteiger partial charge in [0.05, 0.1) is 11.3 Å². The van der Waals surface area contributed by atoms with Crippen molar-refractivity contribution in [3.8, 4) is 6.07 Å². The van der Waals surface area contributed by atoms with Crippen LogP contribution in [0.2, 0.25) is 0 Å². The molecule has 29 heavy (non-hydrogen) atoms. The molecule has 4 rings (SSSR count). The number of nitriles is 1. The molecule has 0 spiro atoms. The molecular formula is C22H21FN6. The average molecular weight is 388 g/mol. The fourth-order valence-corrected chi connectivity index (χ4v) is 3.43. The first-order valence-corrected chi connectivity index (χ1v) is 9.56. The van der Waals surface area contributed by atoms with Gasteiger partial charge in [-0.2, -0.15) is 10.4 Å². The van der Waals surface area contributed by atoms with Gasteiger partial charge in [0.25, 0.3) is 0 Å². The molecule has 0 radical (unpaired) electrons. The molecule has 2 aromatic heterocycles. The molecule has 1 aromatic carbocycles. The highest BCUT2D eigenvalue weighted by molar-refractivity contribution is 5.47. The van der Waals surface area contributed by atoms with E-state index in [-0.39, 0.29) is 5.82 Å². The van der Waals surface area contributed by atoms with E-state index in [1.54, 1.807) is 24.4 Å². The number of hydrogen-bond acceptors (Lipinski definition) is 6. The second-order valence-electron chi connectivity index (χ2n) is 7.13. The Morgan fingerprint density at radius 1 is 0.966 bits per heavy atom. The van der Waals surface area contributed by atoms with Gasteiger partial charge in [0.1, 0.15) is 17.7 Å². The summed E-state index contributed by atoms with van der Waals surface area (Å²) >= 11 is 0. The highest BCUT2D eigenvalue weighted by Crippen LogP contribution is 2.20. The lowest BCUT2D eigenvalue weighted by Gasteiger charge is -2.36. The van der Waals surface area contributed by atoms with E-state index in [0.717, 1.165) is 54.6 Å². The Balaban J connectivity index is 1.40. The molecule has 0 unspecified atom stereocenters. The highest BCUT2D eigenvalue weighted by Gasteiger charge is 2.20. The van der Waals surface area contributed by atoms with Crippen molar-refractivity contribution in [1.82, 2.24) is 15.2 Å². The highest BCUT2D eigenvalue weighted by atomic mass is 19.1. The van der Waals surface area contributed by atoms with Crippen LogP contribution < -0.4 is 9.80 Å². The second kappa shape index (κ2) is 8.23. The summed E-state index contributed by atoms with van der Waals surface area (Å²) in [4.78, 5) is 8.81. The van der Waals surface area contributed by atoms with E-state index in [1.807, 2.05) is 13.0 Å². The lowest BCUT2D eigenvalue weighted by Crippen LogP contribution is -2.47. The van der Waals surface area contributed by atoms with E-state index in [2.05, 4.69) is 37.1 Å². The number of benzene rings is 1. The lowest BCUT2D eigenvalue weighted by atomic mass is 10.1. The van der Waals surface area contributed by atoms with Crippen LogP contribution in [0.15, 0.2) is 48.7 Å². The van der Waals surface area contributed by atoms with Gasteiger partial charge >= 0.3 is 0 Å². The standard InChI is InChI=1S/C22H21FN6/c1-16-12-22(27-26-20(16)13-17-2-5-19(23)6-3-17)29-10-8-28(9-11-29)21-7-4-18(14-24)15-25-21/h2-7,12,15H,8-11,13H2,1H3. The molecule has 1 aliphatic heterocycles. The number of anilines is 2. The van der Waals surface area contributed by atoms with Crippen LogP contribution in [-0.2, 0) is 6.42 Å². The van der Waals surface area contributed by atoms with Gasteiger partial charge < -0.3 is 9.80 Å². The van der Waals surface area contributed by atoms with Crippen LogP contribution in [0.1, 0.15) is 22.4 Å². The van der Waals surface area contributed by atoms with Crippen molar-refractivity contribution < 1.29 is 4.39 Å². The van der Waals surface area contributed by atoms with Crippen molar-refractivity contribution >= 4 is 11.6 Å². The molecule has 1 saturated heterocycles. The number of pyridine rings is 1. The molecule has 1 aliphatic rings.